The second-order valence-electron chi connectivity index (χ2n) is 9.88. The van der Waals surface area contributed by atoms with Crippen LogP contribution in [0.5, 0.6) is 0 Å². The lowest BCUT2D eigenvalue weighted by Crippen LogP contribution is -2.48. The van der Waals surface area contributed by atoms with Crippen LogP contribution in [0.4, 0.5) is 24.5 Å². The number of carbonyl (C=O) groups excluding carboxylic acids is 1. The van der Waals surface area contributed by atoms with Gasteiger partial charge in [-0.25, -0.2) is 0 Å². The van der Waals surface area contributed by atoms with Crippen LogP contribution >= 0.6 is 0 Å². The number of piperazine rings is 1. The molecule has 4 rings (SSSR count). The third-order valence-corrected chi connectivity index (χ3v) is 8.20. The topological polar surface area (TPSA) is 61.9 Å². The number of nitrogens with zero attached hydrogens (tertiary/aromatic N) is 3. The van der Waals surface area contributed by atoms with E-state index < -0.39 is 22.9 Å². The molecule has 1 atom stereocenters. The number of hydrogen-bond donors (Lipinski definition) is 1. The molecule has 2 aromatic carbocycles. The average Bonchev–Trinajstić information content (AvgIpc) is 2.88. The summed E-state index contributed by atoms with van der Waals surface area (Å²) in [6.07, 6.45) is -1.50. The van der Waals surface area contributed by atoms with Gasteiger partial charge in [0.15, 0.2) is 4.90 Å². The van der Waals surface area contributed by atoms with Crippen LogP contribution < -0.4 is 10.2 Å². The number of aryl methyl sites for hydroxylation is 1. The quantitative estimate of drug-likeness (QED) is 0.533. The van der Waals surface area contributed by atoms with E-state index in [0.717, 1.165) is 38.8 Å². The molecule has 202 valence electrons. The van der Waals surface area contributed by atoms with Crippen molar-refractivity contribution in [2.45, 2.75) is 43.3 Å². The van der Waals surface area contributed by atoms with E-state index in [1.807, 2.05) is 4.90 Å². The Labute approximate surface area is 220 Å². The van der Waals surface area contributed by atoms with Crippen LogP contribution in [0.25, 0.3) is 0 Å². The number of carbonyl (C=O) groups is 1. The van der Waals surface area contributed by atoms with Gasteiger partial charge in [0.1, 0.15) is 11.8 Å². The van der Waals surface area contributed by atoms with Gasteiger partial charge in [-0.15, -0.1) is 0 Å². The van der Waals surface area contributed by atoms with Gasteiger partial charge >= 0.3 is 6.18 Å². The van der Waals surface area contributed by atoms with Crippen LogP contribution in [0, 0.1) is 6.92 Å². The fourth-order valence-corrected chi connectivity index (χ4v) is 5.74. The Hall–Kier alpha value is -2.43. The maximum Gasteiger partial charge on any atom is 0.421 e. The molecule has 2 aliphatic rings. The minimum absolute atomic E-state index is 0.0158. The Balaban J connectivity index is 1.20. The highest BCUT2D eigenvalue weighted by atomic mass is 32.2. The van der Waals surface area contributed by atoms with E-state index in [0.29, 0.717) is 38.0 Å². The molecule has 0 aromatic heterocycles. The second-order valence-corrected chi connectivity index (χ2v) is 11.2. The molecule has 1 N–H and O–H groups in total. The number of anilines is 2. The molecule has 2 saturated heterocycles. The second kappa shape index (κ2) is 12.0. The minimum atomic E-state index is -4.57. The van der Waals surface area contributed by atoms with Gasteiger partial charge < -0.3 is 19.7 Å². The molecule has 1 unspecified atom stereocenters. The summed E-state index contributed by atoms with van der Waals surface area (Å²) in [6, 6.07) is 12.4. The predicted octanol–water partition coefficient (Wildman–Crippen LogP) is 4.37. The Bertz CT molecular complexity index is 1050. The molecule has 0 spiro atoms. The van der Waals surface area contributed by atoms with Crippen molar-refractivity contribution in [3.8, 4) is 0 Å². The predicted molar refractivity (Wildman–Crippen MR) is 141 cm³/mol. The number of amides is 1. The maximum atomic E-state index is 13.4. The first-order valence-corrected chi connectivity index (χ1v) is 14.3. The molecule has 2 aromatic rings. The number of piperidine rings is 1. The number of likely N-dealkylation sites (tertiary alicyclic amines) is 1. The monoisotopic (exact) mass is 536 g/mol. The SMILES string of the molecule is Cc1ccc(N2CCN(CCC(=O)N3CCC(Nc4ccc([S+](C)[O-])c(C(F)(F)F)c4)CC3)CC2)cc1. The fourth-order valence-electron chi connectivity index (χ4n) is 5.00. The Morgan fingerprint density at radius 2 is 1.68 bits per heavy atom. The first-order chi connectivity index (χ1) is 17.6. The van der Waals surface area contributed by atoms with Crippen LogP contribution in [0.3, 0.4) is 0 Å². The van der Waals surface area contributed by atoms with Gasteiger partial charge in [0.25, 0.3) is 0 Å². The summed E-state index contributed by atoms with van der Waals surface area (Å²) in [4.78, 5) is 19.2. The van der Waals surface area contributed by atoms with Crippen molar-refractivity contribution in [2.24, 2.45) is 0 Å². The maximum absolute atomic E-state index is 13.4. The van der Waals surface area contributed by atoms with E-state index in [1.54, 1.807) is 6.07 Å². The molecule has 2 heterocycles. The highest BCUT2D eigenvalue weighted by Crippen LogP contribution is 2.36. The lowest BCUT2D eigenvalue weighted by molar-refractivity contribution is -0.139. The molecular weight excluding hydrogens is 501 g/mol. The van der Waals surface area contributed by atoms with Crippen molar-refractivity contribution >= 4 is 28.5 Å². The summed E-state index contributed by atoms with van der Waals surface area (Å²) in [5.41, 5.74) is 1.98. The molecule has 0 aliphatic carbocycles. The van der Waals surface area contributed by atoms with Gasteiger partial charge in [0, 0.05) is 69.7 Å². The van der Waals surface area contributed by atoms with Crippen LogP contribution in [-0.4, -0.2) is 78.4 Å². The molecule has 6 nitrogen and oxygen atoms in total. The van der Waals surface area contributed by atoms with Gasteiger partial charge in [-0.1, -0.05) is 17.7 Å². The first-order valence-electron chi connectivity index (χ1n) is 12.7. The van der Waals surface area contributed by atoms with E-state index in [9.17, 15) is 22.5 Å². The molecule has 37 heavy (non-hydrogen) atoms. The highest BCUT2D eigenvalue weighted by molar-refractivity contribution is 7.90. The largest absolute Gasteiger partial charge is 0.612 e. The summed E-state index contributed by atoms with van der Waals surface area (Å²) in [5, 5.41) is 3.17. The molecule has 0 radical (unpaired) electrons. The Morgan fingerprint density at radius 1 is 1.03 bits per heavy atom. The number of rotatable bonds is 7. The highest BCUT2D eigenvalue weighted by Gasteiger charge is 2.37. The lowest BCUT2D eigenvalue weighted by Gasteiger charge is -2.37. The molecular formula is C27H35F3N4O2S. The number of hydrogen-bond acceptors (Lipinski definition) is 5. The van der Waals surface area contributed by atoms with Crippen molar-refractivity contribution < 1.29 is 22.5 Å². The Morgan fingerprint density at radius 3 is 2.27 bits per heavy atom. The van der Waals surface area contributed by atoms with Crippen molar-refractivity contribution in [1.82, 2.24) is 9.80 Å². The van der Waals surface area contributed by atoms with E-state index >= 15 is 0 Å². The van der Waals surface area contributed by atoms with E-state index in [-0.39, 0.29) is 16.8 Å². The van der Waals surface area contributed by atoms with Crippen LogP contribution in [0.15, 0.2) is 47.4 Å². The zero-order chi connectivity index (χ0) is 26.6. The molecule has 2 aliphatic heterocycles. The summed E-state index contributed by atoms with van der Waals surface area (Å²) in [7, 11) is 0. The zero-order valence-corrected chi connectivity index (χ0v) is 22.2. The fraction of sp³-hybridized carbons (Fsp3) is 0.519. The minimum Gasteiger partial charge on any atom is -0.612 e. The van der Waals surface area contributed by atoms with Crippen molar-refractivity contribution in [3.63, 3.8) is 0 Å². The van der Waals surface area contributed by atoms with Crippen molar-refractivity contribution in [1.29, 1.82) is 0 Å². The lowest BCUT2D eigenvalue weighted by atomic mass is 10.0. The van der Waals surface area contributed by atoms with Crippen molar-refractivity contribution in [3.05, 3.63) is 53.6 Å². The molecule has 2 fully saturated rings. The summed E-state index contributed by atoms with van der Waals surface area (Å²) in [5.74, 6) is 0.133. The third-order valence-electron chi connectivity index (χ3n) is 7.23. The van der Waals surface area contributed by atoms with E-state index in [1.165, 1.54) is 23.6 Å². The first kappa shape index (κ1) is 27.6. The standard InChI is InChI=1S/C27H35F3N4O2S/c1-20-3-6-23(7-4-20)33-17-15-32(16-18-33)12-11-26(35)34-13-9-21(10-14-34)31-22-5-8-25(37(2)36)24(19-22)27(28,29)30/h3-8,19,21,31H,9-18H2,1-2H3. The van der Waals surface area contributed by atoms with Crippen LogP contribution in [0.2, 0.25) is 0 Å². The van der Waals surface area contributed by atoms with Gasteiger partial charge in [-0.3, -0.25) is 9.69 Å². The molecule has 1 amide bonds. The van der Waals surface area contributed by atoms with Crippen LogP contribution in [-0.2, 0) is 22.1 Å². The van der Waals surface area contributed by atoms with E-state index in [4.69, 9.17) is 0 Å². The smallest absolute Gasteiger partial charge is 0.421 e. The number of halogens is 3. The summed E-state index contributed by atoms with van der Waals surface area (Å²) in [6.45, 7) is 7.74. The molecule has 0 bridgehead atoms. The Kier molecular flexibility index (Phi) is 8.92. The number of benzene rings is 2. The van der Waals surface area contributed by atoms with E-state index in [2.05, 4.69) is 46.3 Å². The van der Waals surface area contributed by atoms with Gasteiger partial charge in [0.05, 0.1) is 0 Å². The summed E-state index contributed by atoms with van der Waals surface area (Å²) >= 11 is -1.73. The average molecular weight is 537 g/mol. The van der Waals surface area contributed by atoms with Gasteiger partial charge in [0.2, 0.25) is 5.91 Å². The van der Waals surface area contributed by atoms with Crippen molar-refractivity contribution in [2.75, 3.05) is 62.3 Å². The zero-order valence-electron chi connectivity index (χ0n) is 21.4. The summed E-state index contributed by atoms with van der Waals surface area (Å²) < 4.78 is 51.9. The van der Waals surface area contributed by atoms with Gasteiger partial charge in [-0.05, 0) is 61.3 Å². The third kappa shape index (κ3) is 7.33. The number of nitrogens with one attached hydrogen (secondary N) is 1. The van der Waals surface area contributed by atoms with Gasteiger partial charge in [-0.2, -0.15) is 13.2 Å². The molecule has 0 saturated carbocycles. The molecule has 10 heteroatoms. The van der Waals surface area contributed by atoms with Crippen LogP contribution in [0.1, 0.15) is 30.4 Å². The number of alkyl halides is 3. The normalized spacial score (nSPS) is 18.6.